The van der Waals surface area contributed by atoms with Gasteiger partial charge in [0.05, 0.1) is 17.4 Å². The van der Waals surface area contributed by atoms with Crippen molar-refractivity contribution in [2.24, 2.45) is 0 Å². The minimum Gasteiger partial charge on any atom is -0.331 e. The lowest BCUT2D eigenvalue weighted by Gasteiger charge is -2.18. The Morgan fingerprint density at radius 1 is 1.24 bits per heavy atom. The predicted octanol–water partition coefficient (Wildman–Crippen LogP) is 3.68. The summed E-state index contributed by atoms with van der Waals surface area (Å²) in [5.74, 6) is -0.438. The fourth-order valence-corrected chi connectivity index (χ4v) is 2.55. The van der Waals surface area contributed by atoms with E-state index in [0.29, 0.717) is 17.8 Å². The molecule has 128 valence electrons. The van der Waals surface area contributed by atoms with E-state index in [2.05, 4.69) is 20.7 Å². The van der Waals surface area contributed by atoms with Crippen LogP contribution in [0.1, 0.15) is 24.9 Å². The van der Waals surface area contributed by atoms with Gasteiger partial charge in [0, 0.05) is 24.8 Å². The van der Waals surface area contributed by atoms with E-state index in [9.17, 15) is 9.18 Å². The topological polar surface area (TPSA) is 71.8 Å². The summed E-state index contributed by atoms with van der Waals surface area (Å²) in [5, 5.41) is 9.73. The molecule has 1 atom stereocenters. The largest absolute Gasteiger partial charge is 0.331 e. The Hall–Kier alpha value is -3.22. The molecule has 2 heterocycles. The van der Waals surface area contributed by atoms with Crippen molar-refractivity contribution in [2.75, 3.05) is 5.32 Å². The number of pyridine rings is 1. The molecule has 0 spiro atoms. The number of anilines is 1. The van der Waals surface area contributed by atoms with Gasteiger partial charge < -0.3 is 10.6 Å². The van der Waals surface area contributed by atoms with Gasteiger partial charge in [0.15, 0.2) is 0 Å². The number of halogens is 1. The molecule has 1 aromatic carbocycles. The van der Waals surface area contributed by atoms with Crippen LogP contribution in [0.5, 0.6) is 0 Å². The van der Waals surface area contributed by atoms with Crippen LogP contribution in [0.15, 0.2) is 61.2 Å². The van der Waals surface area contributed by atoms with E-state index in [1.54, 1.807) is 41.6 Å². The minimum absolute atomic E-state index is 0.162. The zero-order valence-corrected chi connectivity index (χ0v) is 13.7. The normalized spacial score (nSPS) is 11.8. The van der Waals surface area contributed by atoms with Crippen LogP contribution in [0.3, 0.4) is 0 Å². The highest BCUT2D eigenvalue weighted by atomic mass is 19.1. The maximum Gasteiger partial charge on any atom is 0.319 e. The van der Waals surface area contributed by atoms with Crippen molar-refractivity contribution in [3.05, 3.63) is 72.6 Å². The standard InChI is InChI=1S/C18H18FN5O/c1-2-15(13-6-9-20-10-7-13)22-18(25)23-16-12-14(19)4-5-17(16)24-11-3-8-21-24/h3-12,15H,2H2,1H3,(H2,22,23,25)/t15-/m1/s1. The lowest BCUT2D eigenvalue weighted by atomic mass is 10.1. The molecule has 0 saturated carbocycles. The van der Waals surface area contributed by atoms with E-state index < -0.39 is 11.8 Å². The molecule has 0 bridgehead atoms. The van der Waals surface area contributed by atoms with Crippen LogP contribution in [-0.2, 0) is 0 Å². The second-order valence-electron chi connectivity index (χ2n) is 5.45. The molecule has 7 heteroatoms. The third-order valence-corrected chi connectivity index (χ3v) is 3.78. The predicted molar refractivity (Wildman–Crippen MR) is 92.9 cm³/mol. The summed E-state index contributed by atoms with van der Waals surface area (Å²) in [6.07, 6.45) is 7.42. The molecule has 0 unspecified atom stereocenters. The molecule has 0 radical (unpaired) electrons. The Balaban J connectivity index is 1.78. The Kier molecular flexibility index (Phi) is 5.03. The van der Waals surface area contributed by atoms with Gasteiger partial charge in [-0.15, -0.1) is 0 Å². The lowest BCUT2D eigenvalue weighted by Crippen LogP contribution is -2.32. The van der Waals surface area contributed by atoms with Crippen molar-refractivity contribution < 1.29 is 9.18 Å². The summed E-state index contributed by atoms with van der Waals surface area (Å²) in [7, 11) is 0. The van der Waals surface area contributed by atoms with Crippen molar-refractivity contribution in [2.45, 2.75) is 19.4 Å². The smallest absolute Gasteiger partial charge is 0.319 e. The van der Waals surface area contributed by atoms with E-state index in [1.165, 1.54) is 12.1 Å². The van der Waals surface area contributed by atoms with Crippen LogP contribution in [0, 0.1) is 5.82 Å². The average Bonchev–Trinajstić information content (AvgIpc) is 3.15. The molecule has 0 aliphatic carbocycles. The molecule has 2 N–H and O–H groups in total. The Labute approximate surface area is 144 Å². The fourth-order valence-electron chi connectivity index (χ4n) is 2.55. The average molecular weight is 339 g/mol. The third-order valence-electron chi connectivity index (χ3n) is 3.78. The number of rotatable bonds is 5. The van der Waals surface area contributed by atoms with Gasteiger partial charge in [-0.2, -0.15) is 5.10 Å². The molecule has 0 saturated heterocycles. The van der Waals surface area contributed by atoms with Gasteiger partial charge in [-0.05, 0) is 48.4 Å². The molecule has 0 fully saturated rings. The van der Waals surface area contributed by atoms with Crippen LogP contribution in [0.4, 0.5) is 14.9 Å². The fraction of sp³-hybridized carbons (Fsp3) is 0.167. The van der Waals surface area contributed by atoms with Crippen molar-refractivity contribution in [1.29, 1.82) is 0 Å². The molecule has 25 heavy (non-hydrogen) atoms. The third kappa shape index (κ3) is 4.00. The maximum atomic E-state index is 13.6. The first-order chi connectivity index (χ1) is 12.2. The van der Waals surface area contributed by atoms with E-state index >= 15 is 0 Å². The number of benzene rings is 1. The first-order valence-corrected chi connectivity index (χ1v) is 7.94. The number of carbonyl (C=O) groups excluding carboxylic acids is 1. The van der Waals surface area contributed by atoms with E-state index in [1.807, 2.05) is 19.1 Å². The van der Waals surface area contributed by atoms with Crippen LogP contribution in [0.2, 0.25) is 0 Å². The Morgan fingerprint density at radius 2 is 2.04 bits per heavy atom. The molecule has 2 amide bonds. The number of nitrogens with zero attached hydrogens (tertiary/aromatic N) is 3. The summed E-state index contributed by atoms with van der Waals surface area (Å²) in [5.41, 5.74) is 1.88. The summed E-state index contributed by atoms with van der Waals surface area (Å²) in [4.78, 5) is 16.4. The summed E-state index contributed by atoms with van der Waals surface area (Å²) in [6.45, 7) is 1.97. The number of hydrogen-bond donors (Lipinski definition) is 2. The minimum atomic E-state index is -0.438. The Morgan fingerprint density at radius 3 is 2.72 bits per heavy atom. The number of amides is 2. The van der Waals surface area contributed by atoms with Crippen molar-refractivity contribution in [3.8, 4) is 5.69 Å². The maximum absolute atomic E-state index is 13.6. The molecule has 0 aliphatic heterocycles. The number of aromatic nitrogens is 3. The van der Waals surface area contributed by atoms with Crippen molar-refractivity contribution >= 4 is 11.7 Å². The van der Waals surface area contributed by atoms with E-state index in [-0.39, 0.29) is 6.04 Å². The molecule has 3 aromatic rings. The van der Waals surface area contributed by atoms with Gasteiger partial charge >= 0.3 is 6.03 Å². The van der Waals surface area contributed by atoms with E-state index in [4.69, 9.17) is 0 Å². The van der Waals surface area contributed by atoms with Gasteiger partial charge in [0.2, 0.25) is 0 Å². The molecular formula is C18H18FN5O. The number of urea groups is 1. The molecular weight excluding hydrogens is 321 g/mol. The van der Waals surface area contributed by atoms with Gasteiger partial charge in [-0.3, -0.25) is 4.98 Å². The quantitative estimate of drug-likeness (QED) is 0.745. The molecule has 0 aliphatic rings. The van der Waals surface area contributed by atoms with Gasteiger partial charge in [-0.1, -0.05) is 6.92 Å². The number of hydrogen-bond acceptors (Lipinski definition) is 3. The van der Waals surface area contributed by atoms with Gasteiger partial charge in [0.1, 0.15) is 5.82 Å². The number of nitrogens with one attached hydrogen (secondary N) is 2. The van der Waals surface area contributed by atoms with E-state index in [0.717, 1.165) is 5.56 Å². The SMILES string of the molecule is CC[C@@H](NC(=O)Nc1cc(F)ccc1-n1cccn1)c1ccncc1. The highest BCUT2D eigenvalue weighted by Crippen LogP contribution is 2.22. The van der Waals surface area contributed by atoms with Crippen LogP contribution < -0.4 is 10.6 Å². The second kappa shape index (κ2) is 7.57. The first kappa shape index (κ1) is 16.6. The zero-order chi connectivity index (χ0) is 17.6. The van der Waals surface area contributed by atoms with Crippen molar-refractivity contribution in [3.63, 3.8) is 0 Å². The zero-order valence-electron chi connectivity index (χ0n) is 13.7. The molecule has 3 rings (SSSR count). The Bertz CT molecular complexity index is 836. The van der Waals surface area contributed by atoms with Gasteiger partial charge in [0.25, 0.3) is 0 Å². The van der Waals surface area contributed by atoms with Crippen LogP contribution in [0.25, 0.3) is 5.69 Å². The van der Waals surface area contributed by atoms with Crippen LogP contribution in [-0.4, -0.2) is 20.8 Å². The molecule has 6 nitrogen and oxygen atoms in total. The first-order valence-electron chi connectivity index (χ1n) is 7.94. The highest BCUT2D eigenvalue weighted by Gasteiger charge is 2.15. The highest BCUT2D eigenvalue weighted by molar-refractivity contribution is 5.91. The van der Waals surface area contributed by atoms with Crippen LogP contribution >= 0.6 is 0 Å². The van der Waals surface area contributed by atoms with Crippen molar-refractivity contribution in [1.82, 2.24) is 20.1 Å². The lowest BCUT2D eigenvalue weighted by molar-refractivity contribution is 0.248. The number of carbonyl (C=O) groups is 1. The second-order valence-corrected chi connectivity index (χ2v) is 5.45. The summed E-state index contributed by atoms with van der Waals surface area (Å²) >= 11 is 0. The monoisotopic (exact) mass is 339 g/mol. The summed E-state index contributed by atoms with van der Waals surface area (Å²) in [6, 6.07) is 9.04. The van der Waals surface area contributed by atoms with Gasteiger partial charge in [-0.25, -0.2) is 13.9 Å². The molecule has 2 aromatic heterocycles. The summed E-state index contributed by atoms with van der Waals surface area (Å²) < 4.78 is 15.2.